The highest BCUT2D eigenvalue weighted by molar-refractivity contribution is 7.99. The van der Waals surface area contributed by atoms with Gasteiger partial charge < -0.3 is 9.73 Å². The van der Waals surface area contributed by atoms with Gasteiger partial charge in [0.15, 0.2) is 0 Å². The zero-order chi connectivity index (χ0) is 20.2. The maximum absolute atomic E-state index is 12.3. The molecule has 4 rings (SSSR count). The van der Waals surface area contributed by atoms with Crippen LogP contribution in [0.25, 0.3) is 10.8 Å². The fraction of sp³-hybridized carbons (Fsp3) is 0.238. The molecule has 0 saturated heterocycles. The normalized spacial score (nSPS) is 12.2. The van der Waals surface area contributed by atoms with Crippen molar-refractivity contribution < 1.29 is 9.21 Å². The van der Waals surface area contributed by atoms with Gasteiger partial charge in [-0.15, -0.1) is 21.5 Å². The van der Waals surface area contributed by atoms with Crippen molar-refractivity contribution >= 4 is 39.8 Å². The number of rotatable bonds is 7. The molecular weight excluding hydrogens is 404 g/mol. The van der Waals surface area contributed by atoms with Crippen molar-refractivity contribution in [1.82, 2.24) is 20.5 Å². The van der Waals surface area contributed by atoms with E-state index in [1.807, 2.05) is 37.4 Å². The van der Waals surface area contributed by atoms with Gasteiger partial charge in [-0.2, -0.15) is 0 Å². The first-order chi connectivity index (χ1) is 14.1. The molecule has 1 atom stereocenters. The number of aromatic nitrogens is 3. The standard InChI is InChI=1S/C21H20N4O2S2/c1-13(16-8-7-15-5-3-4-6-17(15)9-16)22-19(26)12-29-21-25-24-20(27-21)10-18-11-28-14(2)23-18/h3-9,11,13H,10,12H2,1-2H3,(H,22,26)/t13-/m0/s1. The molecule has 0 aliphatic rings. The summed E-state index contributed by atoms with van der Waals surface area (Å²) in [6, 6.07) is 14.3. The zero-order valence-corrected chi connectivity index (χ0v) is 17.7. The summed E-state index contributed by atoms with van der Waals surface area (Å²) in [4.78, 5) is 16.7. The van der Waals surface area contributed by atoms with Crippen LogP contribution in [0.1, 0.15) is 35.1 Å². The molecule has 29 heavy (non-hydrogen) atoms. The van der Waals surface area contributed by atoms with E-state index in [-0.39, 0.29) is 17.7 Å². The first-order valence-electron chi connectivity index (χ1n) is 9.21. The monoisotopic (exact) mass is 424 g/mol. The highest BCUT2D eigenvalue weighted by Gasteiger charge is 2.14. The van der Waals surface area contributed by atoms with Gasteiger partial charge in [-0.3, -0.25) is 4.79 Å². The van der Waals surface area contributed by atoms with Crippen molar-refractivity contribution in [2.45, 2.75) is 31.5 Å². The maximum Gasteiger partial charge on any atom is 0.277 e. The SMILES string of the molecule is Cc1nc(Cc2nnc(SCC(=O)N[C@@H](C)c3ccc4ccccc4c3)o2)cs1. The number of aryl methyl sites for hydroxylation is 1. The lowest BCUT2D eigenvalue weighted by atomic mass is 10.0. The molecule has 0 fully saturated rings. The van der Waals surface area contributed by atoms with Crippen molar-refractivity contribution in [3.63, 3.8) is 0 Å². The second kappa shape index (κ2) is 8.75. The number of carbonyl (C=O) groups is 1. The molecule has 4 aromatic rings. The smallest absolute Gasteiger partial charge is 0.277 e. The number of benzene rings is 2. The Morgan fingerprint density at radius 2 is 2.03 bits per heavy atom. The molecule has 2 heterocycles. The quantitative estimate of drug-likeness (QED) is 0.439. The van der Waals surface area contributed by atoms with Crippen LogP contribution in [-0.2, 0) is 11.2 Å². The van der Waals surface area contributed by atoms with E-state index < -0.39 is 0 Å². The summed E-state index contributed by atoms with van der Waals surface area (Å²) in [5, 5.41) is 16.8. The summed E-state index contributed by atoms with van der Waals surface area (Å²) in [5.41, 5.74) is 1.98. The minimum Gasteiger partial charge on any atom is -0.416 e. The third-order valence-corrected chi connectivity index (χ3v) is 6.07. The zero-order valence-electron chi connectivity index (χ0n) is 16.1. The largest absolute Gasteiger partial charge is 0.416 e. The molecule has 1 amide bonds. The number of thiazole rings is 1. The van der Waals surface area contributed by atoms with E-state index >= 15 is 0 Å². The van der Waals surface area contributed by atoms with Crippen LogP contribution in [0.4, 0.5) is 0 Å². The molecule has 148 valence electrons. The number of nitrogens with one attached hydrogen (secondary N) is 1. The molecule has 0 unspecified atom stereocenters. The van der Waals surface area contributed by atoms with Crippen LogP contribution < -0.4 is 5.32 Å². The van der Waals surface area contributed by atoms with E-state index in [1.165, 1.54) is 17.1 Å². The Hall–Kier alpha value is -2.71. The van der Waals surface area contributed by atoms with Crippen LogP contribution in [0, 0.1) is 6.92 Å². The molecule has 0 saturated carbocycles. The third-order valence-electron chi connectivity index (χ3n) is 4.42. The topological polar surface area (TPSA) is 80.9 Å². The van der Waals surface area contributed by atoms with E-state index in [9.17, 15) is 4.79 Å². The number of nitrogens with zero attached hydrogens (tertiary/aromatic N) is 3. The fourth-order valence-electron chi connectivity index (χ4n) is 2.98. The van der Waals surface area contributed by atoms with Crippen molar-refractivity contribution in [2.75, 3.05) is 5.75 Å². The van der Waals surface area contributed by atoms with Crippen LogP contribution in [0.15, 0.2) is 57.5 Å². The van der Waals surface area contributed by atoms with Crippen LogP contribution in [-0.4, -0.2) is 26.8 Å². The van der Waals surface area contributed by atoms with Crippen LogP contribution in [0.5, 0.6) is 0 Å². The van der Waals surface area contributed by atoms with E-state index in [1.54, 1.807) is 11.3 Å². The fourth-order valence-corrected chi connectivity index (χ4v) is 4.19. The number of fused-ring (bicyclic) bond motifs is 1. The van der Waals surface area contributed by atoms with Gasteiger partial charge in [-0.1, -0.05) is 48.2 Å². The van der Waals surface area contributed by atoms with Crippen LogP contribution >= 0.6 is 23.1 Å². The average molecular weight is 425 g/mol. The predicted molar refractivity (Wildman–Crippen MR) is 115 cm³/mol. The lowest BCUT2D eigenvalue weighted by Gasteiger charge is -2.14. The minimum absolute atomic E-state index is 0.0782. The molecule has 2 aromatic carbocycles. The van der Waals surface area contributed by atoms with Crippen molar-refractivity contribution in [3.8, 4) is 0 Å². The summed E-state index contributed by atoms with van der Waals surface area (Å²) >= 11 is 2.82. The average Bonchev–Trinajstić information content (AvgIpc) is 3.34. The minimum atomic E-state index is -0.0844. The Bertz CT molecular complexity index is 1140. The van der Waals surface area contributed by atoms with Crippen molar-refractivity contribution in [1.29, 1.82) is 0 Å². The molecule has 0 aliphatic carbocycles. The Morgan fingerprint density at radius 3 is 2.83 bits per heavy atom. The lowest BCUT2D eigenvalue weighted by molar-refractivity contribution is -0.119. The van der Waals surface area contributed by atoms with E-state index in [2.05, 4.69) is 44.8 Å². The van der Waals surface area contributed by atoms with Crippen molar-refractivity contribution in [2.24, 2.45) is 0 Å². The summed E-state index contributed by atoms with van der Waals surface area (Å²) < 4.78 is 5.61. The molecule has 0 bridgehead atoms. The summed E-state index contributed by atoms with van der Waals surface area (Å²) in [6.45, 7) is 3.94. The van der Waals surface area contributed by atoms with Gasteiger partial charge in [0.1, 0.15) is 0 Å². The lowest BCUT2D eigenvalue weighted by Crippen LogP contribution is -2.28. The second-order valence-corrected chi connectivity index (χ2v) is 8.67. The van der Waals surface area contributed by atoms with Gasteiger partial charge in [0, 0.05) is 5.38 Å². The molecule has 6 nitrogen and oxygen atoms in total. The van der Waals surface area contributed by atoms with Crippen LogP contribution in [0.3, 0.4) is 0 Å². The van der Waals surface area contributed by atoms with E-state index in [0.717, 1.165) is 21.7 Å². The Labute approximate surface area is 176 Å². The Morgan fingerprint density at radius 1 is 1.21 bits per heavy atom. The number of hydrogen-bond donors (Lipinski definition) is 1. The van der Waals surface area contributed by atoms with Gasteiger partial charge in [0.2, 0.25) is 11.8 Å². The second-order valence-electron chi connectivity index (χ2n) is 6.68. The molecule has 8 heteroatoms. The summed E-state index contributed by atoms with van der Waals surface area (Å²) in [7, 11) is 0. The van der Waals surface area contributed by atoms with Crippen molar-refractivity contribution in [3.05, 3.63) is 70.0 Å². The molecule has 2 aromatic heterocycles. The summed E-state index contributed by atoms with van der Waals surface area (Å²) in [6.07, 6.45) is 0.503. The molecule has 0 spiro atoms. The molecule has 0 radical (unpaired) electrons. The number of amides is 1. The number of carbonyl (C=O) groups excluding carboxylic acids is 1. The molecular formula is C21H20N4O2S2. The molecule has 0 aliphatic heterocycles. The first kappa shape index (κ1) is 19.6. The van der Waals surface area contributed by atoms with E-state index in [0.29, 0.717) is 17.5 Å². The summed E-state index contributed by atoms with van der Waals surface area (Å²) in [5.74, 6) is 0.642. The first-order valence-corrected chi connectivity index (χ1v) is 11.1. The molecule has 1 N–H and O–H groups in total. The van der Waals surface area contributed by atoms with E-state index in [4.69, 9.17) is 4.42 Å². The van der Waals surface area contributed by atoms with Gasteiger partial charge in [-0.25, -0.2) is 4.98 Å². The van der Waals surface area contributed by atoms with Crippen LogP contribution in [0.2, 0.25) is 0 Å². The predicted octanol–water partition coefficient (Wildman–Crippen LogP) is 4.55. The Balaban J connectivity index is 1.30. The number of thioether (sulfide) groups is 1. The van der Waals surface area contributed by atoms with Gasteiger partial charge >= 0.3 is 0 Å². The maximum atomic E-state index is 12.3. The highest BCUT2D eigenvalue weighted by atomic mass is 32.2. The van der Waals surface area contributed by atoms with Gasteiger partial charge in [0.25, 0.3) is 5.22 Å². The third kappa shape index (κ3) is 5.02. The number of hydrogen-bond acceptors (Lipinski definition) is 7. The Kier molecular flexibility index (Phi) is 5.92. The highest BCUT2D eigenvalue weighted by Crippen LogP contribution is 2.21. The van der Waals surface area contributed by atoms with Gasteiger partial charge in [-0.05, 0) is 36.2 Å². The van der Waals surface area contributed by atoms with Gasteiger partial charge in [0.05, 0.1) is 28.9 Å².